The van der Waals surface area contributed by atoms with Gasteiger partial charge < -0.3 is 10.2 Å². The smallest absolute Gasteiger partial charge is 0.450 e. The Morgan fingerprint density at radius 1 is 1.40 bits per heavy atom. The molecular formula is CH2CsO3. The van der Waals surface area contributed by atoms with Gasteiger partial charge in [0.2, 0.25) is 0 Å². The Bertz CT molecular complexity index is 29.9. The predicted octanol–water partition coefficient (Wildman–Crippen LogP) is -0.158. The van der Waals surface area contributed by atoms with E-state index in [1.807, 2.05) is 0 Å². The van der Waals surface area contributed by atoms with Crippen LogP contribution in [0.15, 0.2) is 0 Å². The van der Waals surface area contributed by atoms with E-state index in [9.17, 15) is 0 Å². The van der Waals surface area contributed by atoms with E-state index in [-0.39, 0.29) is 68.9 Å². The average molecular weight is 195 g/mol. The van der Waals surface area contributed by atoms with Gasteiger partial charge in [0.25, 0.3) is 0 Å². The van der Waals surface area contributed by atoms with Gasteiger partial charge in [0.1, 0.15) is 0 Å². The Hall–Kier alpha value is 1.32. The molecule has 0 atom stereocenters. The first-order valence-electron chi connectivity index (χ1n) is 0.651. The van der Waals surface area contributed by atoms with Crippen LogP contribution in [0.1, 0.15) is 0 Å². The maximum atomic E-state index is 8.56. The van der Waals surface area contributed by atoms with Crippen molar-refractivity contribution in [1.82, 2.24) is 0 Å². The van der Waals surface area contributed by atoms with Gasteiger partial charge in [0.15, 0.2) is 0 Å². The van der Waals surface area contributed by atoms with E-state index in [4.69, 9.17) is 15.0 Å². The Morgan fingerprint density at radius 3 is 1.40 bits per heavy atom. The minimum absolute atomic E-state index is 0. The molecule has 0 unspecified atom stereocenters. The number of carbonyl (C=O) groups is 1. The second-order valence-corrected chi connectivity index (χ2v) is 0.283. The molecule has 0 bridgehead atoms. The topological polar surface area (TPSA) is 57.5 Å². The monoisotopic (exact) mass is 195 g/mol. The van der Waals surface area contributed by atoms with Gasteiger partial charge in [-0.3, -0.25) is 0 Å². The molecular weight excluding hydrogens is 193 g/mol. The van der Waals surface area contributed by atoms with Gasteiger partial charge in [-0.05, 0) is 0 Å². The molecule has 0 fully saturated rings. The molecule has 3 nitrogen and oxygen atoms in total. The number of carboxylic acid groups (broad SMARTS) is 2. The molecule has 0 saturated carbocycles. The summed E-state index contributed by atoms with van der Waals surface area (Å²) in [4.78, 5) is 8.56. The predicted molar refractivity (Wildman–Crippen MR) is 16.4 cm³/mol. The molecule has 0 heterocycles. The zero-order chi connectivity index (χ0) is 3.58. The van der Waals surface area contributed by atoms with Crippen LogP contribution >= 0.6 is 0 Å². The normalized spacial score (nSPS) is 4.80. The summed E-state index contributed by atoms with van der Waals surface area (Å²) in [5.74, 6) is 0. The number of hydrogen-bond donors (Lipinski definition) is 2. The largest absolute Gasteiger partial charge is 0.503 e. The van der Waals surface area contributed by atoms with Crippen molar-refractivity contribution in [3.05, 3.63) is 0 Å². The average Bonchev–Trinajstić information content (AvgIpc) is 0.811. The Labute approximate surface area is 87.8 Å². The molecule has 0 spiro atoms. The van der Waals surface area contributed by atoms with Crippen LogP contribution in [0.5, 0.6) is 0 Å². The molecule has 0 aromatic carbocycles. The Morgan fingerprint density at radius 2 is 1.40 bits per heavy atom. The molecule has 0 aliphatic rings. The summed E-state index contributed by atoms with van der Waals surface area (Å²) in [6.07, 6.45) is -1.83. The molecule has 2 N–H and O–H groups in total. The zero-order valence-corrected chi connectivity index (χ0v) is 9.08. The minimum atomic E-state index is -1.83. The number of hydrogen-bond acceptors (Lipinski definition) is 1. The molecule has 0 saturated heterocycles. The van der Waals surface area contributed by atoms with Crippen molar-refractivity contribution in [2.75, 3.05) is 0 Å². The van der Waals surface area contributed by atoms with Crippen LogP contribution in [0.2, 0.25) is 0 Å². The third-order valence-corrected chi connectivity index (χ3v) is 0. The molecule has 4 heteroatoms. The van der Waals surface area contributed by atoms with Crippen LogP contribution in [0.3, 0.4) is 0 Å². The second-order valence-electron chi connectivity index (χ2n) is 0.283. The van der Waals surface area contributed by atoms with Crippen molar-refractivity contribution >= 4 is 75.0 Å². The van der Waals surface area contributed by atoms with Crippen molar-refractivity contribution in [2.24, 2.45) is 0 Å². The molecule has 5 heavy (non-hydrogen) atoms. The van der Waals surface area contributed by atoms with Crippen LogP contribution in [0, 0.1) is 0 Å². The molecule has 0 aliphatic carbocycles. The van der Waals surface area contributed by atoms with E-state index in [2.05, 4.69) is 0 Å². The van der Waals surface area contributed by atoms with Crippen LogP contribution < -0.4 is 0 Å². The summed E-state index contributed by atoms with van der Waals surface area (Å²) in [6, 6.07) is 0. The maximum Gasteiger partial charge on any atom is 0.503 e. The first-order valence-corrected chi connectivity index (χ1v) is 0.651. The third-order valence-electron chi connectivity index (χ3n) is 0. The summed E-state index contributed by atoms with van der Waals surface area (Å²) in [5, 5.41) is 13.9. The van der Waals surface area contributed by atoms with Gasteiger partial charge in [-0.15, -0.1) is 0 Å². The van der Waals surface area contributed by atoms with Crippen molar-refractivity contribution < 1.29 is 15.0 Å². The fraction of sp³-hybridized carbons (Fsp3) is 0. The van der Waals surface area contributed by atoms with Crippen LogP contribution in [-0.2, 0) is 0 Å². The molecule has 0 aliphatic heterocycles. The van der Waals surface area contributed by atoms with Crippen molar-refractivity contribution in [1.29, 1.82) is 0 Å². The second kappa shape index (κ2) is 5.32. The summed E-state index contributed by atoms with van der Waals surface area (Å²) < 4.78 is 0. The first-order chi connectivity index (χ1) is 1.73. The van der Waals surface area contributed by atoms with Crippen LogP contribution in [-0.4, -0.2) is 85.3 Å². The molecule has 0 aromatic heterocycles. The van der Waals surface area contributed by atoms with E-state index in [0.717, 1.165) is 0 Å². The molecule has 0 aromatic rings. The maximum absolute atomic E-state index is 8.56. The zero-order valence-electron chi connectivity index (χ0n) is 2.80. The Balaban J connectivity index is 0. The Kier molecular flexibility index (Phi) is 10.2. The van der Waals surface area contributed by atoms with Crippen molar-refractivity contribution in [2.45, 2.75) is 0 Å². The molecule has 0 amide bonds. The van der Waals surface area contributed by atoms with Crippen LogP contribution in [0.4, 0.5) is 4.79 Å². The van der Waals surface area contributed by atoms with Crippen molar-refractivity contribution in [3.8, 4) is 0 Å². The molecule has 25 valence electrons. The van der Waals surface area contributed by atoms with Crippen molar-refractivity contribution in [3.63, 3.8) is 0 Å². The fourth-order valence-corrected chi connectivity index (χ4v) is 0. The molecule has 0 rings (SSSR count). The summed E-state index contributed by atoms with van der Waals surface area (Å²) >= 11 is 0. The van der Waals surface area contributed by atoms with E-state index < -0.39 is 6.16 Å². The van der Waals surface area contributed by atoms with Gasteiger partial charge >= 0.3 is 6.16 Å². The van der Waals surface area contributed by atoms with E-state index >= 15 is 0 Å². The van der Waals surface area contributed by atoms with E-state index in [0.29, 0.717) is 0 Å². The summed E-state index contributed by atoms with van der Waals surface area (Å²) in [6.45, 7) is 0. The van der Waals surface area contributed by atoms with Gasteiger partial charge in [-0.2, -0.15) is 0 Å². The van der Waals surface area contributed by atoms with E-state index in [1.54, 1.807) is 0 Å². The SMILES string of the molecule is O=C(O)O.[Cs]. The molecule has 1 radical (unpaired) electrons. The quantitative estimate of drug-likeness (QED) is 0.564. The third kappa shape index (κ3) is 33.6. The standard InChI is InChI=1S/CH2O3.Cs/c2-1(3)4;/h(H2,2,3,4);. The van der Waals surface area contributed by atoms with Gasteiger partial charge in [0.05, 0.1) is 0 Å². The number of rotatable bonds is 0. The van der Waals surface area contributed by atoms with Gasteiger partial charge in [-0.25, -0.2) is 4.79 Å². The fourth-order valence-electron chi connectivity index (χ4n) is 0. The summed E-state index contributed by atoms with van der Waals surface area (Å²) in [7, 11) is 0. The van der Waals surface area contributed by atoms with Gasteiger partial charge in [0, 0.05) is 68.9 Å². The summed E-state index contributed by atoms with van der Waals surface area (Å²) in [5.41, 5.74) is 0. The van der Waals surface area contributed by atoms with E-state index in [1.165, 1.54) is 0 Å². The van der Waals surface area contributed by atoms with Gasteiger partial charge in [-0.1, -0.05) is 0 Å². The first kappa shape index (κ1) is 9.59. The van der Waals surface area contributed by atoms with Crippen LogP contribution in [0.25, 0.3) is 0 Å². The minimum Gasteiger partial charge on any atom is -0.450 e.